The molecule has 0 bridgehead atoms. The number of nitrogens with one attached hydrogen (secondary N) is 1. The minimum Gasteiger partial charge on any atom is -0.389 e. The van der Waals surface area contributed by atoms with Crippen molar-refractivity contribution in [2.75, 3.05) is 0 Å². The van der Waals surface area contributed by atoms with E-state index < -0.39 is 10.0 Å². The number of hydrogen-bond acceptors (Lipinski definition) is 5. The molecule has 2 rings (SSSR count). The lowest BCUT2D eigenvalue weighted by atomic mass is 10.2. The predicted molar refractivity (Wildman–Crippen MR) is 88.2 cm³/mol. The van der Waals surface area contributed by atoms with Gasteiger partial charge in [0.05, 0.1) is 27.2 Å². The Morgan fingerprint density at radius 1 is 1.52 bits per heavy atom. The second-order valence-corrected chi connectivity index (χ2v) is 7.86. The van der Waals surface area contributed by atoms with Crippen LogP contribution in [0.2, 0.25) is 5.02 Å². The molecule has 0 amide bonds. The molecule has 1 aromatic heterocycles. The van der Waals surface area contributed by atoms with Crippen LogP contribution >= 0.6 is 35.2 Å². The zero-order valence-corrected chi connectivity index (χ0v) is 14.2. The molecule has 21 heavy (non-hydrogen) atoms. The van der Waals surface area contributed by atoms with Gasteiger partial charge < -0.3 is 5.73 Å². The molecular weight excluding hydrogens is 350 g/mol. The van der Waals surface area contributed by atoms with Crippen LogP contribution in [-0.4, -0.2) is 18.4 Å². The maximum absolute atomic E-state index is 12.2. The minimum atomic E-state index is -3.67. The molecule has 1 aromatic carbocycles. The van der Waals surface area contributed by atoms with Crippen LogP contribution in [0.5, 0.6) is 0 Å². The van der Waals surface area contributed by atoms with E-state index in [1.807, 2.05) is 6.92 Å². The lowest BCUT2D eigenvalue weighted by Gasteiger charge is -2.08. The number of nitrogens with two attached hydrogens (primary N) is 1. The lowest BCUT2D eigenvalue weighted by molar-refractivity contribution is 0.580. The highest BCUT2D eigenvalue weighted by molar-refractivity contribution is 7.89. The highest BCUT2D eigenvalue weighted by Crippen LogP contribution is 2.21. The van der Waals surface area contributed by atoms with E-state index in [4.69, 9.17) is 29.6 Å². The highest BCUT2D eigenvalue weighted by Gasteiger charge is 2.16. The molecule has 9 heteroatoms. The number of hydrogen-bond donors (Lipinski definition) is 2. The summed E-state index contributed by atoms with van der Waals surface area (Å²) in [6.45, 7) is 1.98. The number of nitrogens with zero attached hydrogens (tertiary/aromatic N) is 1. The Morgan fingerprint density at radius 2 is 2.24 bits per heavy atom. The molecule has 112 valence electrons. The van der Waals surface area contributed by atoms with Gasteiger partial charge >= 0.3 is 0 Å². The van der Waals surface area contributed by atoms with E-state index in [2.05, 4.69) is 9.71 Å². The molecule has 0 radical (unpaired) electrons. The molecule has 2 aromatic rings. The highest BCUT2D eigenvalue weighted by atomic mass is 35.5. The third-order valence-electron chi connectivity index (χ3n) is 2.63. The first kappa shape index (κ1) is 16.3. The standard InChI is InChI=1S/C12H12ClN3O2S3/c1-7-16-8(6-20-7)5-15-21(17,18)9-2-3-10(12(14)19)11(13)4-9/h2-4,6,15H,5H2,1H3,(H2,14,19). The molecule has 0 aliphatic heterocycles. The molecule has 0 spiro atoms. The summed E-state index contributed by atoms with van der Waals surface area (Å²) in [6.07, 6.45) is 0. The fraction of sp³-hybridized carbons (Fsp3) is 0.167. The maximum atomic E-state index is 12.2. The van der Waals surface area contributed by atoms with Gasteiger partial charge in [-0.05, 0) is 25.1 Å². The van der Waals surface area contributed by atoms with Crippen molar-refractivity contribution < 1.29 is 8.42 Å². The van der Waals surface area contributed by atoms with Gasteiger partial charge in [0.2, 0.25) is 10.0 Å². The van der Waals surface area contributed by atoms with E-state index in [1.165, 1.54) is 29.5 Å². The lowest BCUT2D eigenvalue weighted by Crippen LogP contribution is -2.23. The van der Waals surface area contributed by atoms with Crippen LogP contribution in [0.3, 0.4) is 0 Å². The van der Waals surface area contributed by atoms with Gasteiger partial charge in [0.15, 0.2) is 0 Å². The molecule has 0 atom stereocenters. The third-order valence-corrected chi connectivity index (χ3v) is 5.38. The van der Waals surface area contributed by atoms with Crippen LogP contribution in [0.15, 0.2) is 28.5 Å². The average Bonchev–Trinajstić information content (AvgIpc) is 2.82. The zero-order chi connectivity index (χ0) is 15.6. The second-order valence-electron chi connectivity index (χ2n) is 4.19. The maximum Gasteiger partial charge on any atom is 0.240 e. The number of aromatic nitrogens is 1. The summed E-state index contributed by atoms with van der Waals surface area (Å²) in [7, 11) is -3.67. The van der Waals surface area contributed by atoms with Crippen LogP contribution in [0, 0.1) is 6.92 Å². The summed E-state index contributed by atoms with van der Waals surface area (Å²) in [5.41, 5.74) is 6.60. The SMILES string of the molecule is Cc1nc(CNS(=O)(=O)c2ccc(C(N)=S)c(Cl)c2)cs1. The Hall–Kier alpha value is -1.06. The molecule has 0 saturated carbocycles. The molecule has 0 saturated heterocycles. The molecular formula is C12H12ClN3O2S3. The number of halogens is 1. The zero-order valence-electron chi connectivity index (χ0n) is 11.0. The summed E-state index contributed by atoms with van der Waals surface area (Å²) in [4.78, 5) is 4.37. The Morgan fingerprint density at radius 3 is 2.76 bits per heavy atom. The van der Waals surface area contributed by atoms with Crippen LogP contribution in [0.25, 0.3) is 0 Å². The summed E-state index contributed by atoms with van der Waals surface area (Å²) < 4.78 is 26.8. The third kappa shape index (κ3) is 3.98. The van der Waals surface area contributed by atoms with E-state index >= 15 is 0 Å². The fourth-order valence-electron chi connectivity index (χ4n) is 1.60. The molecule has 5 nitrogen and oxygen atoms in total. The molecule has 0 unspecified atom stereocenters. The van der Waals surface area contributed by atoms with Gasteiger partial charge in [0, 0.05) is 10.9 Å². The predicted octanol–water partition coefficient (Wildman–Crippen LogP) is 2.22. The van der Waals surface area contributed by atoms with E-state index in [1.54, 1.807) is 5.38 Å². The van der Waals surface area contributed by atoms with Gasteiger partial charge in [0.1, 0.15) is 4.99 Å². The van der Waals surface area contributed by atoms with Crippen LogP contribution in [-0.2, 0) is 16.6 Å². The smallest absolute Gasteiger partial charge is 0.240 e. The van der Waals surface area contributed by atoms with E-state index in [0.29, 0.717) is 11.3 Å². The molecule has 0 aliphatic rings. The first-order chi connectivity index (χ1) is 9.79. The quantitative estimate of drug-likeness (QED) is 0.797. The van der Waals surface area contributed by atoms with Crippen molar-refractivity contribution in [3.63, 3.8) is 0 Å². The van der Waals surface area contributed by atoms with Gasteiger partial charge in [-0.1, -0.05) is 23.8 Å². The first-order valence-electron chi connectivity index (χ1n) is 5.79. The number of thiocarbonyl (C=S) groups is 1. The van der Waals surface area contributed by atoms with Gasteiger partial charge in [0.25, 0.3) is 0 Å². The summed E-state index contributed by atoms with van der Waals surface area (Å²) in [6, 6.07) is 4.23. The minimum absolute atomic E-state index is 0.0550. The summed E-state index contributed by atoms with van der Waals surface area (Å²) in [5.74, 6) is 0. The van der Waals surface area contributed by atoms with Crippen LogP contribution < -0.4 is 10.5 Å². The molecule has 0 aliphatic carbocycles. The van der Waals surface area contributed by atoms with Crippen molar-refractivity contribution in [2.45, 2.75) is 18.4 Å². The Labute approximate surface area is 137 Å². The number of aryl methyl sites for hydroxylation is 1. The monoisotopic (exact) mass is 361 g/mol. The van der Waals surface area contributed by atoms with Crippen molar-refractivity contribution in [3.8, 4) is 0 Å². The van der Waals surface area contributed by atoms with Crippen molar-refractivity contribution in [1.29, 1.82) is 0 Å². The number of benzene rings is 1. The first-order valence-corrected chi connectivity index (χ1v) is 8.94. The Bertz CT molecular complexity index is 787. The average molecular weight is 362 g/mol. The van der Waals surface area contributed by atoms with E-state index in [9.17, 15) is 8.42 Å². The Kier molecular flexibility index (Phi) is 4.95. The fourth-order valence-corrected chi connectivity index (χ4v) is 3.82. The van der Waals surface area contributed by atoms with E-state index in [0.717, 1.165) is 5.01 Å². The van der Waals surface area contributed by atoms with Crippen LogP contribution in [0.1, 0.15) is 16.3 Å². The molecule has 1 heterocycles. The van der Waals surface area contributed by atoms with Crippen LogP contribution in [0.4, 0.5) is 0 Å². The number of sulfonamides is 1. The van der Waals surface area contributed by atoms with Crippen molar-refractivity contribution in [2.24, 2.45) is 5.73 Å². The van der Waals surface area contributed by atoms with Crippen molar-refractivity contribution in [3.05, 3.63) is 44.9 Å². The summed E-state index contributed by atoms with van der Waals surface area (Å²) >= 11 is 12.3. The molecule has 3 N–H and O–H groups in total. The number of thiazole rings is 1. The van der Waals surface area contributed by atoms with Gasteiger partial charge in [-0.2, -0.15) is 0 Å². The molecule has 0 fully saturated rings. The topological polar surface area (TPSA) is 85.1 Å². The van der Waals surface area contributed by atoms with E-state index in [-0.39, 0.29) is 21.5 Å². The second kappa shape index (κ2) is 6.37. The van der Waals surface area contributed by atoms with Gasteiger partial charge in [-0.15, -0.1) is 11.3 Å². The Balaban J connectivity index is 2.19. The normalized spacial score (nSPS) is 11.5. The van der Waals surface area contributed by atoms with Crippen molar-refractivity contribution in [1.82, 2.24) is 9.71 Å². The van der Waals surface area contributed by atoms with Gasteiger partial charge in [-0.3, -0.25) is 0 Å². The van der Waals surface area contributed by atoms with Gasteiger partial charge in [-0.25, -0.2) is 18.1 Å². The number of rotatable bonds is 5. The van der Waals surface area contributed by atoms with Crippen molar-refractivity contribution >= 4 is 50.2 Å². The summed E-state index contributed by atoms with van der Waals surface area (Å²) in [5, 5.41) is 2.89. The largest absolute Gasteiger partial charge is 0.389 e.